The molecule has 1 aliphatic heterocycles. The van der Waals surface area contributed by atoms with Crippen molar-refractivity contribution in [2.75, 3.05) is 19.6 Å². The van der Waals surface area contributed by atoms with E-state index in [0.29, 0.717) is 18.0 Å². The molecular formula is C28H35FN2O2. The molecule has 4 nitrogen and oxygen atoms in total. The summed E-state index contributed by atoms with van der Waals surface area (Å²) >= 11 is 0. The van der Waals surface area contributed by atoms with Crippen LogP contribution in [0.3, 0.4) is 0 Å². The van der Waals surface area contributed by atoms with Crippen LogP contribution in [0.1, 0.15) is 65.2 Å². The van der Waals surface area contributed by atoms with Gasteiger partial charge in [-0.15, -0.1) is 0 Å². The van der Waals surface area contributed by atoms with Gasteiger partial charge in [0.15, 0.2) is 5.78 Å². The number of carbonyl (C=O) groups excluding carboxylic acids is 2. The third kappa shape index (κ3) is 5.52. The summed E-state index contributed by atoms with van der Waals surface area (Å²) in [6, 6.07) is 10.8. The fourth-order valence-electron chi connectivity index (χ4n) is 5.39. The number of amides is 1. The van der Waals surface area contributed by atoms with Crippen molar-refractivity contribution in [3.05, 3.63) is 70.0 Å². The van der Waals surface area contributed by atoms with Crippen molar-refractivity contribution >= 4 is 11.7 Å². The highest BCUT2D eigenvalue weighted by atomic mass is 19.1. The molecule has 0 unspecified atom stereocenters. The summed E-state index contributed by atoms with van der Waals surface area (Å²) < 4.78 is 14.5. The highest BCUT2D eigenvalue weighted by Crippen LogP contribution is 2.28. The smallest absolute Gasteiger partial charge is 0.226 e. The Hall–Kier alpha value is -2.53. The molecule has 0 N–H and O–H groups in total. The van der Waals surface area contributed by atoms with Crippen molar-refractivity contribution < 1.29 is 14.0 Å². The van der Waals surface area contributed by atoms with Crippen molar-refractivity contribution in [3.63, 3.8) is 0 Å². The number of nitrogens with zero attached hydrogens (tertiary/aromatic N) is 2. The number of ketones is 1. The molecule has 1 aliphatic carbocycles. The maximum absolute atomic E-state index is 14.5. The first-order valence-electron chi connectivity index (χ1n) is 12.2. The number of halogens is 1. The van der Waals surface area contributed by atoms with Crippen LogP contribution in [0.4, 0.5) is 4.39 Å². The molecule has 5 heteroatoms. The lowest BCUT2D eigenvalue weighted by molar-refractivity contribution is -0.140. The molecule has 2 fully saturated rings. The second-order valence-corrected chi connectivity index (χ2v) is 9.92. The molecule has 1 saturated carbocycles. The zero-order chi connectivity index (χ0) is 23.5. The first-order chi connectivity index (χ1) is 15.8. The zero-order valence-corrected chi connectivity index (χ0v) is 20.1. The summed E-state index contributed by atoms with van der Waals surface area (Å²) in [6.45, 7) is 8.99. The summed E-state index contributed by atoms with van der Waals surface area (Å²) in [5, 5.41) is 0. The lowest BCUT2D eigenvalue weighted by atomic mass is 9.95. The normalized spacial score (nSPS) is 19.8. The van der Waals surface area contributed by atoms with Gasteiger partial charge >= 0.3 is 0 Å². The number of Topliss-reactive ketones (excluding diaryl/α,β-unsaturated/α-hetero) is 1. The summed E-state index contributed by atoms with van der Waals surface area (Å²) in [4.78, 5) is 30.1. The molecule has 2 aromatic carbocycles. The molecule has 1 heterocycles. The van der Waals surface area contributed by atoms with Crippen LogP contribution in [0.5, 0.6) is 0 Å². The number of hydrogen-bond donors (Lipinski definition) is 0. The third-order valence-electron chi connectivity index (χ3n) is 7.37. The van der Waals surface area contributed by atoms with E-state index in [1.165, 1.54) is 6.07 Å². The van der Waals surface area contributed by atoms with E-state index < -0.39 is 0 Å². The molecular weight excluding hydrogens is 415 g/mol. The number of rotatable bonds is 6. The average Bonchev–Trinajstić information content (AvgIpc) is 3.31. The minimum atomic E-state index is -0.300. The van der Waals surface area contributed by atoms with Crippen LogP contribution in [-0.4, -0.2) is 47.2 Å². The molecule has 1 saturated heterocycles. The molecule has 2 aromatic rings. The molecule has 1 amide bonds. The molecule has 176 valence electrons. The molecule has 33 heavy (non-hydrogen) atoms. The Bertz CT molecular complexity index is 1030. The molecule has 4 rings (SSSR count). The van der Waals surface area contributed by atoms with Crippen LogP contribution in [0.15, 0.2) is 36.4 Å². The van der Waals surface area contributed by atoms with Crippen LogP contribution >= 0.6 is 0 Å². The maximum atomic E-state index is 14.5. The highest BCUT2D eigenvalue weighted by Gasteiger charge is 2.33. The molecule has 0 bridgehead atoms. The predicted molar refractivity (Wildman–Crippen MR) is 129 cm³/mol. The largest absolute Gasteiger partial charge is 0.337 e. The Morgan fingerprint density at radius 3 is 2.45 bits per heavy atom. The Balaban J connectivity index is 1.43. The SMILES string of the molecule is Cc1cccc(C(=O)Cc2cc(F)cc(CN3CCN(C(=O)C4CCCC4)[C@@H](C)C3)c2C)c1. The Morgan fingerprint density at radius 2 is 1.76 bits per heavy atom. The number of carbonyl (C=O) groups is 2. The average molecular weight is 451 g/mol. The van der Waals surface area contributed by atoms with E-state index in [4.69, 9.17) is 0 Å². The van der Waals surface area contributed by atoms with Crippen LogP contribution in [-0.2, 0) is 17.8 Å². The van der Waals surface area contributed by atoms with Gasteiger partial charge in [0.2, 0.25) is 5.91 Å². The molecule has 2 aliphatic rings. The van der Waals surface area contributed by atoms with Crippen molar-refractivity contribution in [3.8, 4) is 0 Å². The van der Waals surface area contributed by atoms with E-state index in [-0.39, 0.29) is 30.0 Å². The molecule has 0 radical (unpaired) electrons. The van der Waals surface area contributed by atoms with Gasteiger partial charge in [0, 0.05) is 50.1 Å². The van der Waals surface area contributed by atoms with Gasteiger partial charge in [-0.3, -0.25) is 14.5 Å². The first-order valence-corrected chi connectivity index (χ1v) is 12.2. The van der Waals surface area contributed by atoms with Gasteiger partial charge in [0.05, 0.1) is 0 Å². The van der Waals surface area contributed by atoms with Gasteiger partial charge in [0.1, 0.15) is 5.82 Å². The number of aryl methyl sites for hydroxylation is 1. The molecule has 0 aromatic heterocycles. The summed E-state index contributed by atoms with van der Waals surface area (Å²) in [5.41, 5.74) is 4.35. The summed E-state index contributed by atoms with van der Waals surface area (Å²) in [7, 11) is 0. The van der Waals surface area contributed by atoms with Crippen LogP contribution < -0.4 is 0 Å². The monoisotopic (exact) mass is 450 g/mol. The van der Waals surface area contributed by atoms with E-state index in [1.54, 1.807) is 6.07 Å². The predicted octanol–water partition coefficient (Wildman–Crippen LogP) is 5.09. The minimum Gasteiger partial charge on any atom is -0.337 e. The third-order valence-corrected chi connectivity index (χ3v) is 7.37. The van der Waals surface area contributed by atoms with E-state index in [1.807, 2.05) is 38.1 Å². The maximum Gasteiger partial charge on any atom is 0.226 e. The molecule has 0 spiro atoms. The van der Waals surface area contributed by atoms with Gasteiger partial charge in [-0.25, -0.2) is 4.39 Å². The van der Waals surface area contributed by atoms with Gasteiger partial charge in [-0.05, 0) is 68.5 Å². The number of benzene rings is 2. The number of hydrogen-bond acceptors (Lipinski definition) is 3. The van der Waals surface area contributed by atoms with E-state index in [9.17, 15) is 14.0 Å². The van der Waals surface area contributed by atoms with Crippen LogP contribution in [0.25, 0.3) is 0 Å². The lowest BCUT2D eigenvalue weighted by Gasteiger charge is -2.41. The summed E-state index contributed by atoms with van der Waals surface area (Å²) in [5.74, 6) is 0.230. The molecule has 1 atom stereocenters. The quantitative estimate of drug-likeness (QED) is 0.576. The van der Waals surface area contributed by atoms with Gasteiger partial charge < -0.3 is 4.90 Å². The van der Waals surface area contributed by atoms with Crippen molar-refractivity contribution in [1.29, 1.82) is 0 Å². The zero-order valence-electron chi connectivity index (χ0n) is 20.1. The van der Waals surface area contributed by atoms with Gasteiger partial charge in [0.25, 0.3) is 0 Å². The second kappa shape index (κ2) is 10.2. The fourth-order valence-corrected chi connectivity index (χ4v) is 5.39. The lowest BCUT2D eigenvalue weighted by Crippen LogP contribution is -2.54. The topological polar surface area (TPSA) is 40.6 Å². The van der Waals surface area contributed by atoms with Crippen molar-refractivity contribution in [2.45, 2.75) is 65.5 Å². The first kappa shape index (κ1) is 23.6. The Morgan fingerprint density at radius 1 is 1.03 bits per heavy atom. The van der Waals surface area contributed by atoms with E-state index in [2.05, 4.69) is 16.7 Å². The highest BCUT2D eigenvalue weighted by molar-refractivity contribution is 5.97. The number of piperazine rings is 1. The van der Waals surface area contributed by atoms with Crippen LogP contribution in [0, 0.1) is 25.6 Å². The van der Waals surface area contributed by atoms with Crippen molar-refractivity contribution in [2.24, 2.45) is 5.92 Å². The van der Waals surface area contributed by atoms with E-state index >= 15 is 0 Å². The standard InChI is InChI=1S/C28H35FN2O2/c1-19-7-6-10-23(13-19)27(32)16-24-14-26(29)15-25(21(24)3)18-30-11-12-31(20(2)17-30)28(33)22-8-4-5-9-22/h6-7,10,13-15,20,22H,4-5,8-9,11-12,16-18H2,1-3H3/t20-/m0/s1. The van der Waals surface area contributed by atoms with Gasteiger partial charge in [-0.1, -0.05) is 36.6 Å². The van der Waals surface area contributed by atoms with Crippen LogP contribution in [0.2, 0.25) is 0 Å². The Kier molecular flexibility index (Phi) is 7.28. The van der Waals surface area contributed by atoms with Crippen molar-refractivity contribution in [1.82, 2.24) is 9.80 Å². The minimum absolute atomic E-state index is 0.00557. The Labute approximate surface area is 196 Å². The van der Waals surface area contributed by atoms with Gasteiger partial charge in [-0.2, -0.15) is 0 Å². The second-order valence-electron chi connectivity index (χ2n) is 9.92. The summed E-state index contributed by atoms with van der Waals surface area (Å²) in [6.07, 6.45) is 4.58. The van der Waals surface area contributed by atoms with E-state index in [0.717, 1.165) is 67.6 Å². The fraction of sp³-hybridized carbons (Fsp3) is 0.500.